The van der Waals surface area contributed by atoms with Crippen molar-refractivity contribution in [2.45, 2.75) is 38.5 Å². The summed E-state index contributed by atoms with van der Waals surface area (Å²) in [5, 5.41) is 29.7. The molecule has 2 unspecified atom stereocenters. The number of hydrogen-bond acceptors (Lipinski definition) is 5. The van der Waals surface area contributed by atoms with Gasteiger partial charge in [0.2, 0.25) is 5.91 Å². The van der Waals surface area contributed by atoms with Crippen molar-refractivity contribution in [2.24, 2.45) is 17.6 Å². The summed E-state index contributed by atoms with van der Waals surface area (Å²) in [6.07, 6.45) is 0.0352. The maximum absolute atomic E-state index is 12.3. The van der Waals surface area contributed by atoms with Crippen LogP contribution in [-0.4, -0.2) is 75.7 Å². The van der Waals surface area contributed by atoms with Crippen molar-refractivity contribution in [1.82, 2.24) is 15.1 Å². The molecule has 3 rings (SSSR count). The summed E-state index contributed by atoms with van der Waals surface area (Å²) in [4.78, 5) is 27.5. The molecule has 0 radical (unpaired) electrons. The standard InChI is InChI=1S/C16H25N5O4/c1-7-10(6-20-4-3-9(5-20)19-16(17)18)13(15(24)25)21-12(7)11(8(2)22)14(21)23/h7-9,11-12,22H,3-6H2,1-2H3,(H,24,25)(H4,17,18,19)/t7-,8+,9-,11?,12?/m0/s1. The highest BCUT2D eigenvalue weighted by molar-refractivity contribution is 6.00. The van der Waals surface area contributed by atoms with E-state index in [0.717, 1.165) is 18.5 Å². The maximum Gasteiger partial charge on any atom is 0.352 e. The van der Waals surface area contributed by atoms with Gasteiger partial charge in [-0.1, -0.05) is 6.92 Å². The number of nitrogens with zero attached hydrogens (tertiary/aromatic N) is 2. The van der Waals surface area contributed by atoms with E-state index in [0.29, 0.717) is 13.1 Å². The smallest absolute Gasteiger partial charge is 0.352 e. The van der Waals surface area contributed by atoms with Crippen LogP contribution in [0.2, 0.25) is 0 Å². The number of carbonyl (C=O) groups is 2. The van der Waals surface area contributed by atoms with E-state index in [9.17, 15) is 19.8 Å². The highest BCUT2D eigenvalue weighted by Crippen LogP contribution is 2.47. The number of carboxylic acids is 1. The number of likely N-dealkylation sites (tertiary alicyclic amines) is 1. The molecule has 138 valence electrons. The van der Waals surface area contributed by atoms with Gasteiger partial charge in [-0.15, -0.1) is 0 Å². The fourth-order valence-corrected chi connectivity index (χ4v) is 4.41. The number of carboxylic acid groups (broad SMARTS) is 1. The molecule has 1 amide bonds. The van der Waals surface area contributed by atoms with E-state index in [1.165, 1.54) is 4.90 Å². The summed E-state index contributed by atoms with van der Waals surface area (Å²) in [5.41, 5.74) is 6.17. The molecule has 0 bridgehead atoms. The average molecular weight is 351 g/mol. The van der Waals surface area contributed by atoms with Crippen molar-refractivity contribution in [2.75, 3.05) is 19.6 Å². The van der Waals surface area contributed by atoms with Crippen molar-refractivity contribution in [1.29, 1.82) is 5.41 Å². The number of nitrogens with one attached hydrogen (secondary N) is 2. The third-order valence-electron chi connectivity index (χ3n) is 5.54. The normalized spacial score (nSPS) is 33.2. The predicted octanol–water partition coefficient (Wildman–Crippen LogP) is -1.26. The molecule has 6 N–H and O–H groups in total. The number of aliphatic hydroxyl groups excluding tert-OH is 1. The molecule has 0 saturated carbocycles. The molecule has 3 heterocycles. The third kappa shape index (κ3) is 2.87. The van der Waals surface area contributed by atoms with E-state index in [1.807, 2.05) is 6.92 Å². The first-order valence-corrected chi connectivity index (χ1v) is 8.52. The Morgan fingerprint density at radius 1 is 1.52 bits per heavy atom. The zero-order chi connectivity index (χ0) is 18.5. The van der Waals surface area contributed by atoms with Crippen LogP contribution in [0.25, 0.3) is 0 Å². The molecule has 0 aromatic rings. The summed E-state index contributed by atoms with van der Waals surface area (Å²) in [7, 11) is 0. The van der Waals surface area contributed by atoms with Crippen molar-refractivity contribution < 1.29 is 19.8 Å². The van der Waals surface area contributed by atoms with E-state index < -0.39 is 18.0 Å². The SMILES string of the molecule is C[C@@H](O)C1C(=O)N2C(C(=O)O)=C(CN3CC[C@H](NC(=N)N)C3)[C@H](C)C12. The predicted molar refractivity (Wildman–Crippen MR) is 89.5 cm³/mol. The van der Waals surface area contributed by atoms with Crippen molar-refractivity contribution in [3.05, 3.63) is 11.3 Å². The molecule has 3 aliphatic heterocycles. The van der Waals surface area contributed by atoms with Gasteiger partial charge in [0.25, 0.3) is 0 Å². The topological polar surface area (TPSA) is 143 Å². The monoisotopic (exact) mass is 351 g/mol. The second kappa shape index (κ2) is 6.30. The Kier molecular flexibility index (Phi) is 4.46. The van der Waals surface area contributed by atoms with Crippen molar-refractivity contribution >= 4 is 17.8 Å². The molecule has 3 aliphatic rings. The molecule has 0 aromatic carbocycles. The molecule has 9 nitrogen and oxygen atoms in total. The van der Waals surface area contributed by atoms with Crippen LogP contribution in [0.1, 0.15) is 20.3 Å². The number of hydrogen-bond donors (Lipinski definition) is 5. The van der Waals surface area contributed by atoms with Gasteiger partial charge in [0.1, 0.15) is 5.70 Å². The molecule has 0 aromatic heterocycles. The molecule has 2 saturated heterocycles. The van der Waals surface area contributed by atoms with Gasteiger partial charge >= 0.3 is 5.97 Å². The first-order valence-electron chi connectivity index (χ1n) is 8.52. The number of carbonyl (C=O) groups excluding carboxylic acids is 1. The van der Waals surface area contributed by atoms with Crippen LogP contribution in [0.15, 0.2) is 11.3 Å². The van der Waals surface area contributed by atoms with E-state index >= 15 is 0 Å². The summed E-state index contributed by atoms with van der Waals surface area (Å²) in [6.45, 7) is 5.40. The van der Waals surface area contributed by atoms with E-state index in [1.54, 1.807) is 6.92 Å². The molecule has 0 aliphatic carbocycles. The minimum atomic E-state index is -1.10. The van der Waals surface area contributed by atoms with E-state index in [4.69, 9.17) is 11.1 Å². The first kappa shape index (κ1) is 17.7. The quantitative estimate of drug-likeness (QED) is 0.236. The number of rotatable bonds is 5. The fraction of sp³-hybridized carbons (Fsp3) is 0.688. The number of fused-ring (bicyclic) bond motifs is 1. The molecule has 2 fully saturated rings. The lowest BCUT2D eigenvalue weighted by Gasteiger charge is -2.46. The summed E-state index contributed by atoms with van der Waals surface area (Å²) >= 11 is 0. The lowest BCUT2D eigenvalue weighted by Crippen LogP contribution is -2.63. The Hall–Kier alpha value is -2.13. The van der Waals surface area contributed by atoms with E-state index in [-0.39, 0.29) is 35.6 Å². The maximum atomic E-state index is 12.3. The third-order valence-corrected chi connectivity index (χ3v) is 5.54. The second-order valence-electron chi connectivity index (χ2n) is 7.21. The van der Waals surface area contributed by atoms with Gasteiger partial charge in [0.15, 0.2) is 5.96 Å². The van der Waals surface area contributed by atoms with Crippen molar-refractivity contribution in [3.8, 4) is 0 Å². The number of aliphatic carboxylic acids is 1. The lowest BCUT2D eigenvalue weighted by atomic mass is 9.77. The summed E-state index contributed by atoms with van der Waals surface area (Å²) in [5.74, 6) is -2.12. The van der Waals surface area contributed by atoms with Crippen LogP contribution in [0.4, 0.5) is 0 Å². The second-order valence-corrected chi connectivity index (χ2v) is 7.21. The number of aliphatic hydroxyl groups is 1. The van der Waals surface area contributed by atoms with Crippen LogP contribution in [-0.2, 0) is 9.59 Å². The largest absolute Gasteiger partial charge is 0.477 e. The van der Waals surface area contributed by atoms with Gasteiger partial charge in [0.05, 0.1) is 18.1 Å². The Balaban J connectivity index is 1.77. The highest BCUT2D eigenvalue weighted by Gasteiger charge is 2.59. The molecule has 0 spiro atoms. The minimum absolute atomic E-state index is 0.0685. The number of β-lactam (4-membered cyclic amide) rings is 1. The summed E-state index contributed by atoms with van der Waals surface area (Å²) in [6, 6.07) is -0.200. The highest BCUT2D eigenvalue weighted by atomic mass is 16.4. The average Bonchev–Trinajstić information content (AvgIpc) is 3.01. The Morgan fingerprint density at radius 2 is 2.20 bits per heavy atom. The Labute approximate surface area is 146 Å². The molecule has 25 heavy (non-hydrogen) atoms. The number of amides is 1. The van der Waals surface area contributed by atoms with Crippen LogP contribution < -0.4 is 11.1 Å². The van der Waals surface area contributed by atoms with Crippen LogP contribution in [0.5, 0.6) is 0 Å². The van der Waals surface area contributed by atoms with Gasteiger partial charge in [-0.2, -0.15) is 0 Å². The Morgan fingerprint density at radius 3 is 2.76 bits per heavy atom. The fourth-order valence-electron chi connectivity index (χ4n) is 4.41. The molecule has 9 heteroatoms. The van der Waals surface area contributed by atoms with Crippen LogP contribution in [0.3, 0.4) is 0 Å². The number of guanidine groups is 1. The van der Waals surface area contributed by atoms with Gasteiger partial charge < -0.3 is 26.2 Å². The Bertz CT molecular complexity index is 646. The zero-order valence-electron chi connectivity index (χ0n) is 14.4. The molecular weight excluding hydrogens is 326 g/mol. The van der Waals surface area contributed by atoms with E-state index in [2.05, 4.69) is 10.2 Å². The van der Waals surface area contributed by atoms with Gasteiger partial charge in [0, 0.05) is 31.6 Å². The van der Waals surface area contributed by atoms with Gasteiger partial charge in [-0.05, 0) is 18.9 Å². The van der Waals surface area contributed by atoms with Crippen LogP contribution in [0, 0.1) is 17.2 Å². The lowest BCUT2D eigenvalue weighted by molar-refractivity contribution is -0.163. The van der Waals surface area contributed by atoms with Crippen LogP contribution >= 0.6 is 0 Å². The minimum Gasteiger partial charge on any atom is -0.477 e. The summed E-state index contributed by atoms with van der Waals surface area (Å²) < 4.78 is 0. The van der Waals surface area contributed by atoms with Crippen molar-refractivity contribution in [3.63, 3.8) is 0 Å². The molecule has 5 atom stereocenters. The number of nitrogens with two attached hydrogens (primary N) is 1. The molecular formula is C16H25N5O4. The van der Waals surface area contributed by atoms with Gasteiger partial charge in [-0.3, -0.25) is 15.1 Å². The van der Waals surface area contributed by atoms with Gasteiger partial charge in [-0.25, -0.2) is 4.79 Å². The zero-order valence-corrected chi connectivity index (χ0v) is 14.4. The first-order chi connectivity index (χ1) is 11.7.